The van der Waals surface area contributed by atoms with Gasteiger partial charge in [0.05, 0.1) is 0 Å². The molecule has 1 aromatic rings. The number of nitrogens with one attached hydrogen (secondary N) is 2. The van der Waals surface area contributed by atoms with E-state index >= 15 is 0 Å². The van der Waals surface area contributed by atoms with Gasteiger partial charge in [0, 0.05) is 18.2 Å². The Morgan fingerprint density at radius 3 is 2.60 bits per heavy atom. The molecule has 2 N–H and O–H groups in total. The molecule has 0 saturated heterocycles. The first kappa shape index (κ1) is 15.1. The molecule has 1 aromatic heterocycles. The predicted molar refractivity (Wildman–Crippen MR) is 85.3 cm³/mol. The smallest absolute Gasteiger partial charge is 0.134 e. The van der Waals surface area contributed by atoms with Crippen LogP contribution in [0.15, 0.2) is 0 Å². The minimum absolute atomic E-state index is 0.561. The number of nitrogens with zero attached hydrogens (tertiary/aromatic N) is 2. The van der Waals surface area contributed by atoms with Crippen LogP contribution in [0.5, 0.6) is 0 Å². The Morgan fingerprint density at radius 1 is 1.15 bits per heavy atom. The molecule has 1 aliphatic carbocycles. The van der Waals surface area contributed by atoms with E-state index < -0.39 is 0 Å². The molecule has 0 radical (unpaired) electrons. The minimum atomic E-state index is 0.561. The molecular weight excluding hydrogens is 248 g/mol. The quantitative estimate of drug-likeness (QED) is 0.856. The molecule has 4 heteroatoms. The number of hydrogen-bond acceptors (Lipinski definition) is 4. The molecule has 1 saturated carbocycles. The summed E-state index contributed by atoms with van der Waals surface area (Å²) in [5, 5.41) is 7.04. The van der Waals surface area contributed by atoms with Crippen LogP contribution in [-0.2, 0) is 0 Å². The fraction of sp³-hybridized carbons (Fsp3) is 0.750. The summed E-state index contributed by atoms with van der Waals surface area (Å²) in [5.41, 5.74) is 1.14. The standard InChI is InChI=1S/C16H28N4/c1-5-9-17-15-12(3)16(19-13(4)18-15)20-14-8-6-7-11(2)10-14/h11,14H,5-10H2,1-4H3,(H2,17,18,19,20). The first-order chi connectivity index (χ1) is 9.60. The van der Waals surface area contributed by atoms with Gasteiger partial charge in [0.2, 0.25) is 0 Å². The topological polar surface area (TPSA) is 49.8 Å². The average molecular weight is 276 g/mol. The Labute approximate surface area is 122 Å². The van der Waals surface area contributed by atoms with Crippen molar-refractivity contribution in [3.63, 3.8) is 0 Å². The van der Waals surface area contributed by atoms with Gasteiger partial charge in [-0.05, 0) is 39.0 Å². The van der Waals surface area contributed by atoms with E-state index in [1.165, 1.54) is 25.7 Å². The minimum Gasteiger partial charge on any atom is -0.370 e. The van der Waals surface area contributed by atoms with E-state index in [2.05, 4.69) is 41.4 Å². The molecule has 0 aromatic carbocycles. The van der Waals surface area contributed by atoms with Crippen molar-refractivity contribution in [3.05, 3.63) is 11.4 Å². The van der Waals surface area contributed by atoms with Gasteiger partial charge in [0.25, 0.3) is 0 Å². The predicted octanol–water partition coefficient (Wildman–Crippen LogP) is 3.91. The highest BCUT2D eigenvalue weighted by molar-refractivity contribution is 5.57. The second-order valence-corrected chi connectivity index (χ2v) is 6.13. The van der Waals surface area contributed by atoms with Crippen molar-refractivity contribution in [3.8, 4) is 0 Å². The third-order valence-electron chi connectivity index (χ3n) is 4.08. The molecule has 0 amide bonds. The number of hydrogen-bond donors (Lipinski definition) is 2. The third-order valence-corrected chi connectivity index (χ3v) is 4.08. The van der Waals surface area contributed by atoms with E-state index in [0.717, 1.165) is 41.9 Å². The molecule has 2 rings (SSSR count). The van der Waals surface area contributed by atoms with Crippen LogP contribution in [0.1, 0.15) is 57.3 Å². The summed E-state index contributed by atoms with van der Waals surface area (Å²) >= 11 is 0. The van der Waals surface area contributed by atoms with Crippen molar-refractivity contribution >= 4 is 11.6 Å². The van der Waals surface area contributed by atoms with Crippen molar-refractivity contribution in [1.29, 1.82) is 0 Å². The van der Waals surface area contributed by atoms with Crippen LogP contribution < -0.4 is 10.6 Å². The van der Waals surface area contributed by atoms with Crippen LogP contribution in [0.4, 0.5) is 11.6 Å². The summed E-state index contributed by atoms with van der Waals surface area (Å²) in [5.74, 6) is 3.64. The largest absolute Gasteiger partial charge is 0.370 e. The summed E-state index contributed by atoms with van der Waals surface area (Å²) in [4.78, 5) is 9.12. The highest BCUT2D eigenvalue weighted by Gasteiger charge is 2.20. The lowest BCUT2D eigenvalue weighted by atomic mass is 9.87. The van der Waals surface area contributed by atoms with E-state index in [0.29, 0.717) is 6.04 Å². The van der Waals surface area contributed by atoms with Gasteiger partial charge >= 0.3 is 0 Å². The van der Waals surface area contributed by atoms with Gasteiger partial charge in [-0.1, -0.05) is 26.7 Å². The van der Waals surface area contributed by atoms with Gasteiger partial charge in [-0.2, -0.15) is 0 Å². The molecule has 2 atom stereocenters. The molecule has 1 heterocycles. The SMILES string of the molecule is CCCNc1nc(C)nc(NC2CCCC(C)C2)c1C. The molecule has 2 unspecified atom stereocenters. The van der Waals surface area contributed by atoms with Gasteiger partial charge in [-0.25, -0.2) is 9.97 Å². The molecule has 0 aliphatic heterocycles. The van der Waals surface area contributed by atoms with Crippen LogP contribution in [0.3, 0.4) is 0 Å². The van der Waals surface area contributed by atoms with Gasteiger partial charge < -0.3 is 10.6 Å². The first-order valence-corrected chi connectivity index (χ1v) is 7.95. The summed E-state index contributed by atoms with van der Waals surface area (Å²) < 4.78 is 0. The van der Waals surface area contributed by atoms with E-state index in [1.807, 2.05) is 6.92 Å². The normalized spacial score (nSPS) is 22.6. The molecular formula is C16H28N4. The molecule has 1 aliphatic rings. The Hall–Kier alpha value is -1.32. The maximum atomic E-state index is 4.60. The monoisotopic (exact) mass is 276 g/mol. The van der Waals surface area contributed by atoms with E-state index in [-0.39, 0.29) is 0 Å². The van der Waals surface area contributed by atoms with Crippen molar-refractivity contribution in [2.45, 2.75) is 65.8 Å². The van der Waals surface area contributed by atoms with Crippen LogP contribution in [-0.4, -0.2) is 22.6 Å². The Morgan fingerprint density at radius 2 is 1.90 bits per heavy atom. The second-order valence-electron chi connectivity index (χ2n) is 6.13. The molecule has 1 fully saturated rings. The fourth-order valence-electron chi connectivity index (χ4n) is 2.94. The summed E-state index contributed by atoms with van der Waals surface area (Å²) in [7, 11) is 0. The van der Waals surface area contributed by atoms with Gasteiger partial charge in [0.1, 0.15) is 17.5 Å². The lowest BCUT2D eigenvalue weighted by Gasteiger charge is -2.28. The van der Waals surface area contributed by atoms with Crippen molar-refractivity contribution in [1.82, 2.24) is 9.97 Å². The zero-order valence-corrected chi connectivity index (χ0v) is 13.3. The summed E-state index contributed by atoms with van der Waals surface area (Å²) in [6.45, 7) is 9.54. The first-order valence-electron chi connectivity index (χ1n) is 7.95. The van der Waals surface area contributed by atoms with Crippen molar-refractivity contribution in [2.24, 2.45) is 5.92 Å². The van der Waals surface area contributed by atoms with Gasteiger partial charge in [-0.15, -0.1) is 0 Å². The zero-order valence-electron chi connectivity index (χ0n) is 13.3. The van der Waals surface area contributed by atoms with Crippen molar-refractivity contribution in [2.75, 3.05) is 17.2 Å². The Bertz CT molecular complexity index is 444. The number of aryl methyl sites for hydroxylation is 1. The zero-order chi connectivity index (χ0) is 14.5. The van der Waals surface area contributed by atoms with E-state index in [9.17, 15) is 0 Å². The van der Waals surface area contributed by atoms with E-state index in [4.69, 9.17) is 0 Å². The Kier molecular flexibility index (Phi) is 5.21. The summed E-state index contributed by atoms with van der Waals surface area (Å²) in [6, 6.07) is 0.561. The molecule has 4 nitrogen and oxygen atoms in total. The molecule has 0 bridgehead atoms. The van der Waals surface area contributed by atoms with Crippen molar-refractivity contribution < 1.29 is 0 Å². The number of aromatic nitrogens is 2. The second kappa shape index (κ2) is 6.91. The maximum Gasteiger partial charge on any atom is 0.134 e. The third kappa shape index (κ3) is 3.84. The van der Waals surface area contributed by atoms with Crippen LogP contribution in [0, 0.1) is 19.8 Å². The Balaban J connectivity index is 2.11. The van der Waals surface area contributed by atoms with Crippen LogP contribution in [0.25, 0.3) is 0 Å². The average Bonchev–Trinajstić information content (AvgIpc) is 2.41. The lowest BCUT2D eigenvalue weighted by molar-refractivity contribution is 0.358. The summed E-state index contributed by atoms with van der Waals surface area (Å²) in [6.07, 6.45) is 6.29. The lowest BCUT2D eigenvalue weighted by Crippen LogP contribution is -2.27. The highest BCUT2D eigenvalue weighted by Crippen LogP contribution is 2.28. The van der Waals surface area contributed by atoms with Crippen LogP contribution in [0.2, 0.25) is 0 Å². The highest BCUT2D eigenvalue weighted by atomic mass is 15.1. The maximum absolute atomic E-state index is 4.60. The molecule has 112 valence electrons. The van der Waals surface area contributed by atoms with Gasteiger partial charge in [0.15, 0.2) is 0 Å². The number of anilines is 2. The van der Waals surface area contributed by atoms with Gasteiger partial charge in [-0.3, -0.25) is 0 Å². The fourth-order valence-corrected chi connectivity index (χ4v) is 2.94. The van der Waals surface area contributed by atoms with Crippen LogP contribution >= 0.6 is 0 Å². The molecule has 0 spiro atoms. The molecule has 20 heavy (non-hydrogen) atoms. The number of rotatable bonds is 5. The van der Waals surface area contributed by atoms with E-state index in [1.54, 1.807) is 0 Å².